The number of fused-ring (bicyclic) bond motifs is 1. The van der Waals surface area contributed by atoms with Crippen LogP contribution < -0.4 is 10.6 Å². The third-order valence-electron chi connectivity index (χ3n) is 3.91. The number of carboxylic acids is 1. The molecule has 0 spiro atoms. The van der Waals surface area contributed by atoms with Crippen molar-refractivity contribution in [2.75, 3.05) is 18.1 Å². The number of ether oxygens (including phenoxy) is 1. The van der Waals surface area contributed by atoms with Gasteiger partial charge in [-0.2, -0.15) is 0 Å². The Hall–Kier alpha value is -3.00. The lowest BCUT2D eigenvalue weighted by molar-refractivity contribution is -0.142. The van der Waals surface area contributed by atoms with E-state index in [1.807, 2.05) is 12.1 Å². The predicted molar refractivity (Wildman–Crippen MR) is 90.0 cm³/mol. The number of primary amides is 1. The summed E-state index contributed by atoms with van der Waals surface area (Å²) in [5, 5.41) is 8.61. The van der Waals surface area contributed by atoms with Crippen LogP contribution in [0.15, 0.2) is 30.7 Å². The Morgan fingerprint density at radius 3 is 2.80 bits per heavy atom. The maximum atomic E-state index is 11.5. The summed E-state index contributed by atoms with van der Waals surface area (Å²) in [4.78, 5) is 32.1. The standard InChI is InChI=1S/C17H18N4O4/c18-17(24)21-3-1-2-12-5-14(8-20-16(12)21)13-4-11(6-19-7-13)9-25-10-15(22)23/h4-8H,1-3,9-10H2,(H2,18,24)(H,22,23). The number of carbonyl (C=O) groups excluding carboxylic acids is 1. The molecule has 3 heterocycles. The Kier molecular flexibility index (Phi) is 4.90. The fourth-order valence-corrected chi connectivity index (χ4v) is 2.82. The highest BCUT2D eigenvalue weighted by molar-refractivity contribution is 5.91. The molecule has 0 bridgehead atoms. The molecule has 2 aromatic rings. The first-order chi connectivity index (χ1) is 12.0. The zero-order valence-electron chi connectivity index (χ0n) is 13.5. The average molecular weight is 342 g/mol. The Morgan fingerprint density at radius 2 is 2.04 bits per heavy atom. The number of nitrogens with zero attached hydrogens (tertiary/aromatic N) is 3. The van der Waals surface area contributed by atoms with Gasteiger partial charge in [0, 0.05) is 36.3 Å². The molecule has 0 aromatic carbocycles. The van der Waals surface area contributed by atoms with Crippen LogP contribution in [0.4, 0.5) is 10.6 Å². The lowest BCUT2D eigenvalue weighted by Crippen LogP contribution is -2.40. The fourth-order valence-electron chi connectivity index (χ4n) is 2.82. The number of nitrogens with two attached hydrogens (primary N) is 1. The molecule has 0 unspecified atom stereocenters. The van der Waals surface area contributed by atoms with Crippen LogP contribution in [0.5, 0.6) is 0 Å². The monoisotopic (exact) mass is 342 g/mol. The van der Waals surface area contributed by atoms with Crippen molar-refractivity contribution in [1.82, 2.24) is 9.97 Å². The third-order valence-corrected chi connectivity index (χ3v) is 3.91. The van der Waals surface area contributed by atoms with Crippen molar-refractivity contribution in [2.24, 2.45) is 5.73 Å². The number of aromatic nitrogens is 2. The second kappa shape index (κ2) is 7.27. The normalized spacial score (nSPS) is 13.4. The molecule has 0 aliphatic carbocycles. The zero-order valence-corrected chi connectivity index (χ0v) is 13.5. The summed E-state index contributed by atoms with van der Waals surface area (Å²) in [6, 6.07) is 3.36. The molecule has 8 heteroatoms. The van der Waals surface area contributed by atoms with E-state index in [4.69, 9.17) is 15.6 Å². The van der Waals surface area contributed by atoms with Crippen LogP contribution in [-0.2, 0) is 22.6 Å². The minimum atomic E-state index is -1.01. The Labute approximate surface area is 144 Å². The number of carbonyl (C=O) groups is 2. The third kappa shape index (κ3) is 3.92. The van der Waals surface area contributed by atoms with Crippen molar-refractivity contribution in [2.45, 2.75) is 19.4 Å². The van der Waals surface area contributed by atoms with E-state index < -0.39 is 12.0 Å². The maximum absolute atomic E-state index is 11.5. The molecule has 0 radical (unpaired) electrons. The number of rotatable bonds is 5. The van der Waals surface area contributed by atoms with Crippen molar-refractivity contribution < 1.29 is 19.4 Å². The van der Waals surface area contributed by atoms with Crippen LogP contribution >= 0.6 is 0 Å². The van der Waals surface area contributed by atoms with Crippen LogP contribution in [0, 0.1) is 0 Å². The Balaban J connectivity index is 1.83. The number of hydrogen-bond donors (Lipinski definition) is 2. The molecule has 3 N–H and O–H groups in total. The summed E-state index contributed by atoms with van der Waals surface area (Å²) in [5.41, 5.74) is 8.86. The number of hydrogen-bond acceptors (Lipinski definition) is 5. The van der Waals surface area contributed by atoms with Gasteiger partial charge in [-0.1, -0.05) is 0 Å². The number of amides is 2. The molecule has 3 rings (SSSR count). The van der Waals surface area contributed by atoms with Crippen LogP contribution in [0.2, 0.25) is 0 Å². The molecule has 8 nitrogen and oxygen atoms in total. The summed E-state index contributed by atoms with van der Waals surface area (Å²) >= 11 is 0. The molecule has 2 amide bonds. The molecule has 25 heavy (non-hydrogen) atoms. The molecule has 2 aromatic heterocycles. The lowest BCUT2D eigenvalue weighted by atomic mass is 10.0. The summed E-state index contributed by atoms with van der Waals surface area (Å²) in [5.74, 6) is -0.404. The molecule has 130 valence electrons. The van der Waals surface area contributed by atoms with Gasteiger partial charge in [-0.3, -0.25) is 9.88 Å². The molecule has 0 atom stereocenters. The highest BCUT2D eigenvalue weighted by atomic mass is 16.5. The number of carboxylic acid groups (broad SMARTS) is 1. The van der Waals surface area contributed by atoms with Gasteiger partial charge in [0.25, 0.3) is 0 Å². The Morgan fingerprint density at radius 1 is 1.24 bits per heavy atom. The van der Waals surface area contributed by atoms with E-state index in [-0.39, 0.29) is 13.2 Å². The minimum Gasteiger partial charge on any atom is -0.480 e. The summed E-state index contributed by atoms with van der Waals surface area (Å²) in [6.45, 7) is 0.390. The zero-order chi connectivity index (χ0) is 17.8. The molecular weight excluding hydrogens is 324 g/mol. The van der Waals surface area contributed by atoms with Gasteiger partial charge in [-0.05, 0) is 36.1 Å². The van der Waals surface area contributed by atoms with E-state index in [2.05, 4.69) is 9.97 Å². The van der Waals surface area contributed by atoms with E-state index >= 15 is 0 Å². The van der Waals surface area contributed by atoms with E-state index in [0.29, 0.717) is 12.4 Å². The van der Waals surface area contributed by atoms with Crippen molar-refractivity contribution in [3.05, 3.63) is 41.9 Å². The van der Waals surface area contributed by atoms with E-state index in [0.717, 1.165) is 35.1 Å². The van der Waals surface area contributed by atoms with Crippen LogP contribution in [-0.4, -0.2) is 40.2 Å². The average Bonchev–Trinajstić information content (AvgIpc) is 2.60. The number of pyridine rings is 2. The predicted octanol–water partition coefficient (Wildman–Crippen LogP) is 1.58. The van der Waals surface area contributed by atoms with Gasteiger partial charge in [-0.25, -0.2) is 14.6 Å². The Bertz CT molecular complexity index is 809. The SMILES string of the molecule is NC(=O)N1CCCc2cc(-c3cncc(COCC(=O)O)c3)cnc21. The largest absolute Gasteiger partial charge is 0.480 e. The second-order valence-corrected chi connectivity index (χ2v) is 5.77. The first-order valence-corrected chi connectivity index (χ1v) is 7.84. The van der Waals surface area contributed by atoms with Gasteiger partial charge in [0.05, 0.1) is 6.61 Å². The van der Waals surface area contributed by atoms with Gasteiger partial charge >= 0.3 is 12.0 Å². The number of urea groups is 1. The second-order valence-electron chi connectivity index (χ2n) is 5.77. The van der Waals surface area contributed by atoms with Crippen molar-refractivity contribution in [3.8, 4) is 11.1 Å². The van der Waals surface area contributed by atoms with Gasteiger partial charge in [0.15, 0.2) is 0 Å². The summed E-state index contributed by atoms with van der Waals surface area (Å²) in [6.07, 6.45) is 6.68. The first kappa shape index (κ1) is 16.8. The molecule has 0 fully saturated rings. The number of aliphatic carboxylic acids is 1. The smallest absolute Gasteiger partial charge is 0.329 e. The van der Waals surface area contributed by atoms with Gasteiger partial charge in [0.1, 0.15) is 12.4 Å². The first-order valence-electron chi connectivity index (χ1n) is 7.84. The molecule has 1 aliphatic rings. The highest BCUT2D eigenvalue weighted by Crippen LogP contribution is 2.29. The summed E-state index contributed by atoms with van der Waals surface area (Å²) < 4.78 is 5.09. The minimum absolute atomic E-state index is 0.168. The van der Waals surface area contributed by atoms with Crippen LogP contribution in [0.3, 0.4) is 0 Å². The highest BCUT2D eigenvalue weighted by Gasteiger charge is 2.22. The van der Waals surface area contributed by atoms with Crippen molar-refractivity contribution in [3.63, 3.8) is 0 Å². The van der Waals surface area contributed by atoms with Crippen molar-refractivity contribution >= 4 is 17.8 Å². The number of anilines is 1. The summed E-state index contributed by atoms with van der Waals surface area (Å²) in [7, 11) is 0. The van der Waals surface area contributed by atoms with Gasteiger partial charge < -0.3 is 15.6 Å². The van der Waals surface area contributed by atoms with E-state index in [1.165, 1.54) is 4.90 Å². The topological polar surface area (TPSA) is 119 Å². The lowest BCUT2D eigenvalue weighted by Gasteiger charge is -2.26. The number of aryl methyl sites for hydroxylation is 1. The maximum Gasteiger partial charge on any atom is 0.329 e. The molecule has 0 saturated heterocycles. The molecular formula is C17H18N4O4. The molecule has 1 aliphatic heterocycles. The van der Waals surface area contributed by atoms with Gasteiger partial charge in [-0.15, -0.1) is 0 Å². The van der Waals surface area contributed by atoms with E-state index in [9.17, 15) is 9.59 Å². The van der Waals surface area contributed by atoms with Crippen molar-refractivity contribution in [1.29, 1.82) is 0 Å². The van der Waals surface area contributed by atoms with Crippen LogP contribution in [0.1, 0.15) is 17.5 Å². The van der Waals surface area contributed by atoms with E-state index in [1.54, 1.807) is 18.6 Å². The fraction of sp³-hybridized carbons (Fsp3) is 0.294. The molecule has 0 saturated carbocycles. The van der Waals surface area contributed by atoms with Crippen LogP contribution in [0.25, 0.3) is 11.1 Å². The van der Waals surface area contributed by atoms with Gasteiger partial charge in [0.2, 0.25) is 0 Å². The quantitative estimate of drug-likeness (QED) is 0.851.